The minimum Gasteiger partial charge on any atom is -0.366 e. The highest BCUT2D eigenvalue weighted by Gasteiger charge is 2.07. The Morgan fingerprint density at radius 3 is 2.60 bits per heavy atom. The topological polar surface area (TPSA) is 55.1 Å². The summed E-state index contributed by atoms with van der Waals surface area (Å²) >= 11 is 3.31. The van der Waals surface area contributed by atoms with Gasteiger partial charge in [0.25, 0.3) is 0 Å². The molecule has 0 aliphatic carbocycles. The van der Waals surface area contributed by atoms with Crippen LogP contribution in [0.3, 0.4) is 0 Å². The van der Waals surface area contributed by atoms with Crippen molar-refractivity contribution in [3.63, 3.8) is 0 Å². The Morgan fingerprint density at radius 1 is 1.15 bits per heavy atom. The predicted molar refractivity (Wildman–Crippen MR) is 79.6 cm³/mol. The molecule has 0 unspecified atom stereocenters. The monoisotopic (exact) mass is 336 g/mol. The highest BCUT2D eigenvalue weighted by atomic mass is 79.9. The normalized spacial score (nSPS) is 10.5. The zero-order valence-corrected chi connectivity index (χ0v) is 12.3. The largest absolute Gasteiger partial charge is 0.366 e. The van der Waals surface area contributed by atoms with Crippen molar-refractivity contribution in [3.05, 3.63) is 69.4 Å². The van der Waals surface area contributed by atoms with Crippen molar-refractivity contribution >= 4 is 21.8 Å². The number of nitrogens with two attached hydrogens (primary N) is 1. The number of rotatable bonds is 5. The van der Waals surface area contributed by atoms with Crippen LogP contribution in [-0.4, -0.2) is 5.91 Å². The molecule has 3 nitrogen and oxygen atoms in total. The van der Waals surface area contributed by atoms with Crippen molar-refractivity contribution in [1.82, 2.24) is 5.32 Å². The molecule has 0 aliphatic heterocycles. The molecule has 0 saturated heterocycles. The van der Waals surface area contributed by atoms with Crippen LogP contribution in [0, 0.1) is 5.82 Å². The maximum Gasteiger partial charge on any atom is 0.249 e. The number of carbonyl (C=O) groups excluding carboxylic acids is 1. The zero-order valence-electron chi connectivity index (χ0n) is 10.7. The van der Waals surface area contributed by atoms with Crippen molar-refractivity contribution in [1.29, 1.82) is 0 Å². The number of hydrogen-bond donors (Lipinski definition) is 2. The molecule has 0 aliphatic rings. The molecule has 2 aromatic carbocycles. The molecule has 2 aromatic rings. The van der Waals surface area contributed by atoms with Crippen LogP contribution in [0.4, 0.5) is 4.39 Å². The summed E-state index contributed by atoms with van der Waals surface area (Å²) in [6.07, 6.45) is 0. The molecule has 0 saturated carbocycles. The molecule has 0 radical (unpaired) electrons. The van der Waals surface area contributed by atoms with Gasteiger partial charge in [-0.25, -0.2) is 4.39 Å². The van der Waals surface area contributed by atoms with E-state index in [1.54, 1.807) is 24.3 Å². The maximum absolute atomic E-state index is 13.6. The fourth-order valence-corrected chi connectivity index (χ4v) is 2.33. The van der Waals surface area contributed by atoms with Gasteiger partial charge in [-0.3, -0.25) is 4.79 Å². The van der Waals surface area contributed by atoms with Gasteiger partial charge in [0.2, 0.25) is 5.91 Å². The molecular formula is C15H14BrFN2O. The summed E-state index contributed by atoms with van der Waals surface area (Å²) < 4.78 is 14.4. The lowest BCUT2D eigenvalue weighted by molar-refractivity contribution is 0.0999. The van der Waals surface area contributed by atoms with Crippen LogP contribution in [0.5, 0.6) is 0 Å². The number of amides is 1. The summed E-state index contributed by atoms with van der Waals surface area (Å²) in [5.74, 6) is -0.722. The SMILES string of the molecule is NC(=O)c1ccccc1CNCc1cc(Br)ccc1F. The van der Waals surface area contributed by atoms with Crippen LogP contribution in [0.15, 0.2) is 46.9 Å². The Hall–Kier alpha value is -1.72. The summed E-state index contributed by atoms with van der Waals surface area (Å²) in [6.45, 7) is 0.823. The van der Waals surface area contributed by atoms with Crippen LogP contribution in [0.2, 0.25) is 0 Å². The Labute approximate surface area is 125 Å². The Kier molecular flexibility index (Phi) is 4.87. The second kappa shape index (κ2) is 6.63. The van der Waals surface area contributed by atoms with Gasteiger partial charge in [0, 0.05) is 28.7 Å². The van der Waals surface area contributed by atoms with Gasteiger partial charge in [-0.2, -0.15) is 0 Å². The zero-order chi connectivity index (χ0) is 14.5. The molecule has 0 bridgehead atoms. The van der Waals surface area contributed by atoms with E-state index in [0.717, 1.165) is 10.0 Å². The molecule has 0 spiro atoms. The highest BCUT2D eigenvalue weighted by molar-refractivity contribution is 9.10. The van der Waals surface area contributed by atoms with Crippen LogP contribution < -0.4 is 11.1 Å². The third-order valence-corrected chi connectivity index (χ3v) is 3.41. The number of primary amides is 1. The van der Waals surface area contributed by atoms with Crippen LogP contribution in [0.25, 0.3) is 0 Å². The van der Waals surface area contributed by atoms with Crippen molar-refractivity contribution < 1.29 is 9.18 Å². The van der Waals surface area contributed by atoms with Crippen molar-refractivity contribution in [2.75, 3.05) is 0 Å². The van der Waals surface area contributed by atoms with Crippen molar-refractivity contribution in [2.45, 2.75) is 13.1 Å². The summed E-state index contributed by atoms with van der Waals surface area (Å²) in [4.78, 5) is 11.3. The third-order valence-electron chi connectivity index (χ3n) is 2.92. The lowest BCUT2D eigenvalue weighted by atomic mass is 10.1. The van der Waals surface area contributed by atoms with E-state index in [0.29, 0.717) is 24.2 Å². The summed E-state index contributed by atoms with van der Waals surface area (Å²) in [5, 5.41) is 3.11. The quantitative estimate of drug-likeness (QED) is 0.881. The van der Waals surface area contributed by atoms with E-state index in [1.165, 1.54) is 6.07 Å². The molecule has 104 valence electrons. The smallest absolute Gasteiger partial charge is 0.249 e. The molecule has 5 heteroatoms. The first-order chi connectivity index (χ1) is 9.58. The van der Waals surface area contributed by atoms with Gasteiger partial charge in [-0.05, 0) is 29.8 Å². The molecule has 2 rings (SSSR count). The summed E-state index contributed by atoms with van der Waals surface area (Å²) in [5.41, 5.74) is 7.16. The molecule has 3 N–H and O–H groups in total. The van der Waals surface area contributed by atoms with E-state index in [9.17, 15) is 9.18 Å². The fourth-order valence-electron chi connectivity index (χ4n) is 1.93. The second-order valence-electron chi connectivity index (χ2n) is 4.36. The predicted octanol–water partition coefficient (Wildman–Crippen LogP) is 2.98. The highest BCUT2D eigenvalue weighted by Crippen LogP contribution is 2.15. The molecule has 0 atom stereocenters. The van der Waals surface area contributed by atoms with Gasteiger partial charge >= 0.3 is 0 Å². The molecule has 20 heavy (non-hydrogen) atoms. The van der Waals surface area contributed by atoms with Crippen molar-refractivity contribution in [2.24, 2.45) is 5.73 Å². The average Bonchev–Trinajstić information content (AvgIpc) is 2.43. The van der Waals surface area contributed by atoms with Crippen LogP contribution in [-0.2, 0) is 13.1 Å². The third kappa shape index (κ3) is 3.65. The number of benzene rings is 2. The lowest BCUT2D eigenvalue weighted by Crippen LogP contribution is -2.19. The number of halogens is 2. The van der Waals surface area contributed by atoms with Crippen LogP contribution >= 0.6 is 15.9 Å². The first-order valence-electron chi connectivity index (χ1n) is 6.10. The molecule has 0 aromatic heterocycles. The summed E-state index contributed by atoms with van der Waals surface area (Å²) in [7, 11) is 0. The second-order valence-corrected chi connectivity index (χ2v) is 5.28. The van der Waals surface area contributed by atoms with E-state index >= 15 is 0 Å². The first-order valence-corrected chi connectivity index (χ1v) is 6.89. The van der Waals surface area contributed by atoms with Crippen molar-refractivity contribution in [3.8, 4) is 0 Å². The number of nitrogens with one attached hydrogen (secondary N) is 1. The number of carbonyl (C=O) groups is 1. The molecule has 1 amide bonds. The molecular weight excluding hydrogens is 323 g/mol. The van der Waals surface area contributed by atoms with Gasteiger partial charge in [0.1, 0.15) is 5.82 Å². The maximum atomic E-state index is 13.6. The Balaban J connectivity index is 2.03. The van der Waals surface area contributed by atoms with E-state index in [1.807, 2.05) is 12.1 Å². The lowest BCUT2D eigenvalue weighted by Gasteiger charge is -2.09. The Morgan fingerprint density at radius 2 is 1.85 bits per heavy atom. The summed E-state index contributed by atoms with van der Waals surface area (Å²) in [6, 6.07) is 11.9. The minimum atomic E-state index is -0.462. The van der Waals surface area contributed by atoms with E-state index in [-0.39, 0.29) is 5.82 Å². The van der Waals surface area contributed by atoms with Crippen LogP contribution in [0.1, 0.15) is 21.5 Å². The van der Waals surface area contributed by atoms with Gasteiger partial charge in [-0.1, -0.05) is 34.1 Å². The number of hydrogen-bond acceptors (Lipinski definition) is 2. The van der Waals surface area contributed by atoms with Gasteiger partial charge in [-0.15, -0.1) is 0 Å². The van der Waals surface area contributed by atoms with E-state index in [4.69, 9.17) is 5.73 Å². The standard InChI is InChI=1S/C15H14BrFN2O/c16-12-5-6-14(17)11(7-12)9-19-8-10-3-1-2-4-13(10)15(18)20/h1-7,19H,8-9H2,(H2,18,20). The average molecular weight is 337 g/mol. The van der Waals surface area contributed by atoms with Gasteiger partial charge in [0.05, 0.1) is 0 Å². The molecule has 0 fully saturated rings. The molecule has 0 heterocycles. The van der Waals surface area contributed by atoms with E-state index in [2.05, 4.69) is 21.2 Å². The Bertz CT molecular complexity index is 631. The minimum absolute atomic E-state index is 0.260. The van der Waals surface area contributed by atoms with Gasteiger partial charge in [0.15, 0.2) is 0 Å². The van der Waals surface area contributed by atoms with Gasteiger partial charge < -0.3 is 11.1 Å². The fraction of sp³-hybridized carbons (Fsp3) is 0.133. The van der Waals surface area contributed by atoms with E-state index < -0.39 is 5.91 Å². The first kappa shape index (κ1) is 14.7.